The van der Waals surface area contributed by atoms with Crippen molar-refractivity contribution in [3.05, 3.63) is 17.8 Å². The Balaban J connectivity index is 2.34. The Hall–Kier alpha value is -1.82. The molecule has 1 aliphatic rings. The van der Waals surface area contributed by atoms with Crippen LogP contribution < -0.4 is 10.6 Å². The SMILES string of the molecule is COC(=O)c1cc(N)cnc1N1CCCC(O)C1. The molecule has 0 saturated carbocycles. The Morgan fingerprint density at radius 1 is 1.67 bits per heavy atom. The second-order valence-electron chi connectivity index (χ2n) is 4.37. The number of pyridine rings is 1. The summed E-state index contributed by atoms with van der Waals surface area (Å²) in [6.45, 7) is 1.24. The third kappa shape index (κ3) is 2.53. The van der Waals surface area contributed by atoms with E-state index in [2.05, 4.69) is 4.98 Å². The van der Waals surface area contributed by atoms with Gasteiger partial charge in [-0.25, -0.2) is 9.78 Å². The van der Waals surface area contributed by atoms with Gasteiger partial charge in [-0.05, 0) is 18.9 Å². The minimum Gasteiger partial charge on any atom is -0.465 e. The normalized spacial score (nSPS) is 19.7. The number of carbonyl (C=O) groups is 1. The molecular weight excluding hydrogens is 234 g/mol. The fourth-order valence-corrected chi connectivity index (χ4v) is 2.13. The Bertz CT molecular complexity index is 450. The van der Waals surface area contributed by atoms with Crippen LogP contribution in [0.1, 0.15) is 23.2 Å². The number of ether oxygens (including phenoxy) is 1. The summed E-state index contributed by atoms with van der Waals surface area (Å²) in [5.74, 6) is 0.0552. The standard InChI is InChI=1S/C12H17N3O3/c1-18-12(17)10-5-8(13)6-14-11(10)15-4-2-3-9(16)7-15/h5-6,9,16H,2-4,7,13H2,1H3. The van der Waals surface area contributed by atoms with Crippen LogP contribution in [0.15, 0.2) is 12.3 Å². The second-order valence-corrected chi connectivity index (χ2v) is 4.37. The van der Waals surface area contributed by atoms with Gasteiger partial charge in [-0.2, -0.15) is 0 Å². The third-order valence-electron chi connectivity index (χ3n) is 2.99. The van der Waals surface area contributed by atoms with Crippen LogP contribution >= 0.6 is 0 Å². The molecule has 0 spiro atoms. The van der Waals surface area contributed by atoms with Crippen LogP contribution in [0.25, 0.3) is 0 Å². The molecule has 1 aromatic heterocycles. The fraction of sp³-hybridized carbons (Fsp3) is 0.500. The van der Waals surface area contributed by atoms with Crippen LogP contribution in [0.3, 0.4) is 0 Å². The average molecular weight is 251 g/mol. The van der Waals surface area contributed by atoms with Crippen molar-refractivity contribution in [2.24, 2.45) is 0 Å². The smallest absolute Gasteiger partial charge is 0.341 e. The maximum Gasteiger partial charge on any atom is 0.341 e. The van der Waals surface area contributed by atoms with Crippen molar-refractivity contribution >= 4 is 17.5 Å². The molecule has 0 bridgehead atoms. The number of β-amino-alcohol motifs (C(OH)–C–C–N with tert-alkyl or cyclic N) is 1. The molecule has 1 saturated heterocycles. The molecule has 0 aromatic carbocycles. The molecule has 18 heavy (non-hydrogen) atoms. The quantitative estimate of drug-likeness (QED) is 0.740. The highest BCUT2D eigenvalue weighted by molar-refractivity contribution is 5.95. The van der Waals surface area contributed by atoms with Crippen LogP contribution in [0.4, 0.5) is 11.5 Å². The van der Waals surface area contributed by atoms with Crippen molar-refractivity contribution in [1.82, 2.24) is 4.98 Å². The maximum atomic E-state index is 11.7. The summed E-state index contributed by atoms with van der Waals surface area (Å²) in [5, 5.41) is 9.67. The molecule has 0 aliphatic carbocycles. The largest absolute Gasteiger partial charge is 0.465 e. The third-order valence-corrected chi connectivity index (χ3v) is 2.99. The van der Waals surface area contributed by atoms with Gasteiger partial charge in [0.25, 0.3) is 0 Å². The zero-order chi connectivity index (χ0) is 13.1. The van der Waals surface area contributed by atoms with Gasteiger partial charge in [-0.15, -0.1) is 0 Å². The number of nitrogen functional groups attached to an aromatic ring is 1. The predicted molar refractivity (Wildman–Crippen MR) is 67.4 cm³/mol. The summed E-state index contributed by atoms with van der Waals surface area (Å²) in [6.07, 6.45) is 2.76. The monoisotopic (exact) mass is 251 g/mol. The number of nitrogens with zero attached hydrogens (tertiary/aromatic N) is 2. The Labute approximate surface area is 105 Å². The summed E-state index contributed by atoms with van der Waals surface area (Å²) in [4.78, 5) is 17.8. The van der Waals surface area contributed by atoms with Crippen molar-refractivity contribution in [1.29, 1.82) is 0 Å². The second kappa shape index (κ2) is 5.22. The van der Waals surface area contributed by atoms with Gasteiger partial charge in [0.05, 0.1) is 25.1 Å². The number of nitrogens with two attached hydrogens (primary N) is 1. The zero-order valence-electron chi connectivity index (χ0n) is 10.3. The van der Waals surface area contributed by atoms with E-state index in [4.69, 9.17) is 10.5 Å². The lowest BCUT2D eigenvalue weighted by Crippen LogP contribution is -2.39. The van der Waals surface area contributed by atoms with E-state index in [-0.39, 0.29) is 6.10 Å². The van der Waals surface area contributed by atoms with E-state index >= 15 is 0 Å². The highest BCUT2D eigenvalue weighted by atomic mass is 16.5. The number of esters is 1. The van der Waals surface area contributed by atoms with Gasteiger partial charge in [0.1, 0.15) is 11.4 Å². The molecule has 0 radical (unpaired) electrons. The van der Waals surface area contributed by atoms with E-state index in [1.807, 2.05) is 4.90 Å². The molecule has 1 fully saturated rings. The fourth-order valence-electron chi connectivity index (χ4n) is 2.13. The highest BCUT2D eigenvalue weighted by Gasteiger charge is 2.24. The number of hydrogen-bond donors (Lipinski definition) is 2. The number of hydrogen-bond acceptors (Lipinski definition) is 6. The van der Waals surface area contributed by atoms with Crippen molar-refractivity contribution in [3.63, 3.8) is 0 Å². The first-order chi connectivity index (χ1) is 8.61. The van der Waals surface area contributed by atoms with E-state index in [0.29, 0.717) is 23.6 Å². The molecule has 1 aromatic rings. The molecule has 3 N–H and O–H groups in total. The lowest BCUT2D eigenvalue weighted by atomic mass is 10.1. The average Bonchev–Trinajstić information content (AvgIpc) is 2.37. The van der Waals surface area contributed by atoms with Gasteiger partial charge in [-0.3, -0.25) is 0 Å². The van der Waals surface area contributed by atoms with Crippen LogP contribution in [0, 0.1) is 0 Å². The molecule has 1 unspecified atom stereocenters. The molecule has 2 heterocycles. The van der Waals surface area contributed by atoms with Crippen molar-refractivity contribution < 1.29 is 14.6 Å². The van der Waals surface area contributed by atoms with E-state index in [9.17, 15) is 9.90 Å². The zero-order valence-corrected chi connectivity index (χ0v) is 10.3. The molecule has 1 atom stereocenters. The summed E-state index contributed by atoms with van der Waals surface area (Å²) >= 11 is 0. The number of methoxy groups -OCH3 is 1. The Kier molecular flexibility index (Phi) is 3.66. The van der Waals surface area contributed by atoms with Gasteiger partial charge in [0.2, 0.25) is 0 Å². The lowest BCUT2D eigenvalue weighted by Gasteiger charge is -2.31. The number of rotatable bonds is 2. The molecule has 98 valence electrons. The van der Waals surface area contributed by atoms with Crippen molar-refractivity contribution in [2.75, 3.05) is 30.8 Å². The minimum absolute atomic E-state index is 0.339. The van der Waals surface area contributed by atoms with E-state index in [0.717, 1.165) is 19.4 Å². The van der Waals surface area contributed by atoms with Crippen LogP contribution in [0.5, 0.6) is 0 Å². The van der Waals surface area contributed by atoms with E-state index in [1.165, 1.54) is 13.3 Å². The summed E-state index contributed by atoms with van der Waals surface area (Å²) in [5.41, 5.74) is 6.39. The van der Waals surface area contributed by atoms with E-state index in [1.54, 1.807) is 6.07 Å². The first-order valence-electron chi connectivity index (χ1n) is 5.88. The number of aliphatic hydroxyl groups excluding tert-OH is 1. The maximum absolute atomic E-state index is 11.7. The van der Waals surface area contributed by atoms with Crippen LogP contribution in [-0.2, 0) is 4.74 Å². The molecule has 1 aliphatic heterocycles. The number of aliphatic hydroxyl groups is 1. The molecule has 0 amide bonds. The molecule has 6 nitrogen and oxygen atoms in total. The Morgan fingerprint density at radius 2 is 2.44 bits per heavy atom. The number of aromatic nitrogens is 1. The van der Waals surface area contributed by atoms with Crippen molar-refractivity contribution in [3.8, 4) is 0 Å². The van der Waals surface area contributed by atoms with E-state index < -0.39 is 5.97 Å². The summed E-state index contributed by atoms with van der Waals surface area (Å²) in [6, 6.07) is 1.55. The first-order valence-corrected chi connectivity index (χ1v) is 5.88. The molecular formula is C12H17N3O3. The summed E-state index contributed by atoms with van der Waals surface area (Å²) in [7, 11) is 1.32. The summed E-state index contributed by atoms with van der Waals surface area (Å²) < 4.78 is 4.73. The lowest BCUT2D eigenvalue weighted by molar-refractivity contribution is 0.0600. The first kappa shape index (κ1) is 12.6. The number of piperidine rings is 1. The number of carbonyl (C=O) groups excluding carboxylic acids is 1. The predicted octanol–water partition coefficient (Wildman–Crippen LogP) is 0.411. The molecule has 2 rings (SSSR count). The Morgan fingerprint density at radius 3 is 3.11 bits per heavy atom. The van der Waals surface area contributed by atoms with Gasteiger partial charge in [-0.1, -0.05) is 0 Å². The topological polar surface area (TPSA) is 88.7 Å². The van der Waals surface area contributed by atoms with Crippen LogP contribution in [-0.4, -0.2) is 42.4 Å². The molecule has 6 heteroatoms. The van der Waals surface area contributed by atoms with Gasteiger partial charge in [0.15, 0.2) is 0 Å². The van der Waals surface area contributed by atoms with Gasteiger partial charge >= 0.3 is 5.97 Å². The highest BCUT2D eigenvalue weighted by Crippen LogP contribution is 2.24. The van der Waals surface area contributed by atoms with Gasteiger partial charge < -0.3 is 20.5 Å². The minimum atomic E-state index is -0.468. The van der Waals surface area contributed by atoms with Crippen molar-refractivity contribution in [2.45, 2.75) is 18.9 Å². The van der Waals surface area contributed by atoms with Gasteiger partial charge in [0, 0.05) is 13.1 Å². The van der Waals surface area contributed by atoms with Crippen LogP contribution in [0.2, 0.25) is 0 Å². The number of anilines is 2.